The van der Waals surface area contributed by atoms with Gasteiger partial charge in [-0.3, -0.25) is 4.79 Å². The van der Waals surface area contributed by atoms with Crippen LogP contribution in [0.2, 0.25) is 0 Å². The van der Waals surface area contributed by atoms with E-state index in [1.54, 1.807) is 30.6 Å². The maximum Gasteiger partial charge on any atom is 0.262 e. The fraction of sp³-hybridized carbons (Fsp3) is 0.176. The van der Waals surface area contributed by atoms with E-state index in [1.807, 2.05) is 24.6 Å². The highest BCUT2D eigenvalue weighted by atomic mass is 32.1. The molecule has 1 unspecified atom stereocenters. The van der Waals surface area contributed by atoms with Crippen molar-refractivity contribution in [3.05, 3.63) is 75.8 Å². The first-order valence-corrected chi connectivity index (χ1v) is 7.96. The highest BCUT2D eigenvalue weighted by Gasteiger charge is 2.22. The van der Waals surface area contributed by atoms with Gasteiger partial charge in [0, 0.05) is 24.3 Å². The molecule has 2 aromatic heterocycles. The van der Waals surface area contributed by atoms with E-state index in [4.69, 9.17) is 0 Å². The van der Waals surface area contributed by atoms with Gasteiger partial charge in [-0.2, -0.15) is 0 Å². The topological polar surface area (TPSA) is 46.9 Å². The molecule has 1 atom stereocenters. The number of hydrogen-bond acceptors (Lipinski definition) is 3. The molecule has 0 aliphatic rings. The number of nitrogens with zero attached hydrogens (tertiary/aromatic N) is 2. The lowest BCUT2D eigenvalue weighted by atomic mass is 10.1. The second-order valence-corrected chi connectivity index (χ2v) is 6.56. The summed E-state index contributed by atoms with van der Waals surface area (Å²) >= 11 is 1.42. The molecule has 118 valence electrons. The minimum atomic E-state index is -0.513. The average Bonchev–Trinajstić information content (AvgIpc) is 3.13. The van der Waals surface area contributed by atoms with Crippen molar-refractivity contribution in [3.8, 4) is 0 Å². The molecular formula is C17H16FN3OS. The van der Waals surface area contributed by atoms with Crippen LogP contribution in [-0.2, 0) is 7.05 Å². The summed E-state index contributed by atoms with van der Waals surface area (Å²) in [4.78, 5) is 18.5. The number of halogens is 1. The van der Waals surface area contributed by atoms with Crippen LogP contribution in [0.15, 0.2) is 48.8 Å². The molecule has 0 spiro atoms. The maximum atomic E-state index is 13.6. The third-order valence-electron chi connectivity index (χ3n) is 3.54. The highest BCUT2D eigenvalue weighted by molar-refractivity contribution is 7.13. The van der Waals surface area contributed by atoms with Crippen LogP contribution in [-0.4, -0.2) is 15.5 Å². The van der Waals surface area contributed by atoms with Crippen LogP contribution < -0.4 is 5.32 Å². The Morgan fingerprint density at radius 2 is 2.17 bits per heavy atom. The second kappa shape index (κ2) is 6.34. The molecule has 0 aliphatic heterocycles. The fourth-order valence-corrected chi connectivity index (χ4v) is 3.17. The van der Waals surface area contributed by atoms with E-state index in [-0.39, 0.29) is 11.7 Å². The summed E-state index contributed by atoms with van der Waals surface area (Å²) in [5.74, 6) is 0.112. The average molecular weight is 329 g/mol. The minimum Gasteiger partial charge on any atom is -0.337 e. The Balaban J connectivity index is 1.96. The quantitative estimate of drug-likeness (QED) is 0.797. The molecule has 2 heterocycles. The Hall–Kier alpha value is -2.47. The van der Waals surface area contributed by atoms with Gasteiger partial charge < -0.3 is 9.88 Å². The molecule has 0 saturated carbocycles. The van der Waals surface area contributed by atoms with Gasteiger partial charge in [-0.25, -0.2) is 9.37 Å². The first-order valence-electron chi connectivity index (χ1n) is 7.14. The number of carbonyl (C=O) groups is 1. The van der Waals surface area contributed by atoms with Crippen molar-refractivity contribution in [2.45, 2.75) is 13.0 Å². The van der Waals surface area contributed by atoms with Crippen molar-refractivity contribution in [1.82, 2.24) is 14.9 Å². The Kier molecular flexibility index (Phi) is 4.25. The third kappa shape index (κ3) is 3.32. The van der Waals surface area contributed by atoms with Crippen LogP contribution in [0.5, 0.6) is 0 Å². The number of aromatic nitrogens is 2. The van der Waals surface area contributed by atoms with Crippen molar-refractivity contribution < 1.29 is 9.18 Å². The molecule has 0 saturated heterocycles. The number of rotatable bonds is 4. The van der Waals surface area contributed by atoms with Gasteiger partial charge in [-0.1, -0.05) is 12.1 Å². The zero-order valence-electron chi connectivity index (χ0n) is 12.8. The number of imidazole rings is 1. The molecule has 3 aromatic rings. The second-order valence-electron chi connectivity index (χ2n) is 5.27. The van der Waals surface area contributed by atoms with Crippen LogP contribution in [0.1, 0.15) is 32.0 Å². The molecule has 0 fully saturated rings. The predicted octanol–water partition coefficient (Wildman–Crippen LogP) is 3.45. The van der Waals surface area contributed by atoms with Gasteiger partial charge in [0.1, 0.15) is 17.7 Å². The Bertz CT molecular complexity index is 840. The fourth-order valence-electron chi connectivity index (χ4n) is 2.40. The summed E-state index contributed by atoms with van der Waals surface area (Å²) in [7, 11) is 1.84. The number of carbonyl (C=O) groups excluding carboxylic acids is 1. The number of thiophene rings is 1. The third-order valence-corrected chi connectivity index (χ3v) is 4.54. The first-order chi connectivity index (χ1) is 11.0. The molecule has 4 nitrogen and oxygen atoms in total. The van der Waals surface area contributed by atoms with E-state index >= 15 is 0 Å². The van der Waals surface area contributed by atoms with Crippen LogP contribution >= 0.6 is 11.3 Å². The number of nitrogens with one attached hydrogen (secondary N) is 1. The summed E-state index contributed by atoms with van der Waals surface area (Å²) < 4.78 is 15.4. The lowest BCUT2D eigenvalue weighted by Crippen LogP contribution is -2.30. The van der Waals surface area contributed by atoms with Gasteiger partial charge in [-0.05, 0) is 36.8 Å². The van der Waals surface area contributed by atoms with Gasteiger partial charge >= 0.3 is 0 Å². The summed E-state index contributed by atoms with van der Waals surface area (Å²) in [6, 6.07) is 9.38. The predicted molar refractivity (Wildman–Crippen MR) is 88.0 cm³/mol. The molecule has 23 heavy (non-hydrogen) atoms. The largest absolute Gasteiger partial charge is 0.337 e. The molecule has 0 aliphatic carbocycles. The summed E-state index contributed by atoms with van der Waals surface area (Å²) in [5, 5.41) is 2.95. The van der Waals surface area contributed by atoms with Gasteiger partial charge in [0.2, 0.25) is 0 Å². The Morgan fingerprint density at radius 3 is 2.78 bits per heavy atom. The van der Waals surface area contributed by atoms with E-state index in [0.29, 0.717) is 16.3 Å². The van der Waals surface area contributed by atoms with Crippen LogP contribution in [0, 0.1) is 12.7 Å². The van der Waals surface area contributed by atoms with Crippen LogP contribution in [0.4, 0.5) is 4.39 Å². The minimum absolute atomic E-state index is 0.194. The van der Waals surface area contributed by atoms with Crippen LogP contribution in [0.25, 0.3) is 0 Å². The zero-order chi connectivity index (χ0) is 16.4. The molecule has 3 rings (SSSR count). The molecule has 0 radical (unpaired) electrons. The molecular weight excluding hydrogens is 313 g/mol. The summed E-state index contributed by atoms with van der Waals surface area (Å²) in [6.07, 6.45) is 3.45. The molecule has 0 bridgehead atoms. The SMILES string of the molecule is Cc1ccc(C(=O)NC(c2cccc(F)c2)c2nccn2C)s1. The van der Waals surface area contributed by atoms with Crippen molar-refractivity contribution in [2.75, 3.05) is 0 Å². The normalized spacial score (nSPS) is 12.1. The van der Waals surface area contributed by atoms with Gasteiger partial charge in [0.25, 0.3) is 5.91 Å². The Labute approximate surface area is 137 Å². The lowest BCUT2D eigenvalue weighted by molar-refractivity contribution is 0.0945. The number of hydrogen-bond donors (Lipinski definition) is 1. The monoisotopic (exact) mass is 329 g/mol. The maximum absolute atomic E-state index is 13.6. The number of amides is 1. The standard InChI is InChI=1S/C17H16FN3OS/c1-11-6-7-14(23-11)17(22)20-15(16-19-8-9-21(16)2)12-4-3-5-13(18)10-12/h3-10,15H,1-2H3,(H,20,22). The van der Waals surface area contributed by atoms with E-state index in [0.717, 1.165) is 4.88 Å². The smallest absolute Gasteiger partial charge is 0.262 e. The van der Waals surface area contributed by atoms with Crippen molar-refractivity contribution in [1.29, 1.82) is 0 Å². The van der Waals surface area contributed by atoms with Gasteiger partial charge in [-0.15, -0.1) is 11.3 Å². The van der Waals surface area contributed by atoms with E-state index in [2.05, 4.69) is 10.3 Å². The van der Waals surface area contributed by atoms with Gasteiger partial charge in [0.15, 0.2) is 0 Å². The Morgan fingerprint density at radius 1 is 1.35 bits per heavy atom. The van der Waals surface area contributed by atoms with E-state index in [9.17, 15) is 9.18 Å². The van der Waals surface area contributed by atoms with Crippen molar-refractivity contribution in [3.63, 3.8) is 0 Å². The number of aryl methyl sites for hydroxylation is 2. The molecule has 1 aromatic carbocycles. The lowest BCUT2D eigenvalue weighted by Gasteiger charge is -2.19. The first kappa shape index (κ1) is 15.4. The highest BCUT2D eigenvalue weighted by Crippen LogP contribution is 2.23. The van der Waals surface area contributed by atoms with Crippen LogP contribution in [0.3, 0.4) is 0 Å². The summed E-state index contributed by atoms with van der Waals surface area (Å²) in [6.45, 7) is 1.95. The van der Waals surface area contributed by atoms with Crippen molar-refractivity contribution >= 4 is 17.2 Å². The molecule has 1 amide bonds. The van der Waals surface area contributed by atoms with Crippen molar-refractivity contribution in [2.24, 2.45) is 7.05 Å². The van der Waals surface area contributed by atoms with Gasteiger partial charge in [0.05, 0.1) is 4.88 Å². The number of benzene rings is 1. The summed E-state index contributed by atoms with van der Waals surface area (Å²) in [5.41, 5.74) is 0.654. The molecule has 6 heteroatoms. The zero-order valence-corrected chi connectivity index (χ0v) is 13.6. The molecule has 1 N–H and O–H groups in total. The van der Waals surface area contributed by atoms with E-state index < -0.39 is 6.04 Å². The van der Waals surface area contributed by atoms with E-state index in [1.165, 1.54) is 23.5 Å².